The number of fused-ring (bicyclic) bond motifs is 1. The molecule has 7 heteroatoms. The number of aryl methyl sites for hydroxylation is 1. The van der Waals surface area contributed by atoms with Crippen molar-refractivity contribution in [2.45, 2.75) is 13.5 Å². The summed E-state index contributed by atoms with van der Waals surface area (Å²) < 4.78 is 3.71. The van der Waals surface area contributed by atoms with Crippen molar-refractivity contribution in [1.29, 1.82) is 0 Å². The molecule has 3 rings (SSSR count). The fourth-order valence-corrected chi connectivity index (χ4v) is 2.57. The second kappa shape index (κ2) is 5.03. The minimum absolute atomic E-state index is 0. The van der Waals surface area contributed by atoms with Gasteiger partial charge in [-0.1, -0.05) is 34.8 Å². The summed E-state index contributed by atoms with van der Waals surface area (Å²) in [5.74, 6) is 0.851. The number of anilines is 1. The quantitative estimate of drug-likeness (QED) is 0.556. The molecule has 0 atom stereocenters. The first kappa shape index (κ1) is 13.0. The summed E-state index contributed by atoms with van der Waals surface area (Å²) in [6, 6.07) is 10.2. The Kier molecular flexibility index (Phi) is 3.63. The van der Waals surface area contributed by atoms with E-state index in [1.165, 1.54) is 16.9 Å². The summed E-state index contributed by atoms with van der Waals surface area (Å²) in [6.07, 6.45) is 0. The van der Waals surface area contributed by atoms with Gasteiger partial charge in [0.05, 0.1) is 0 Å². The summed E-state index contributed by atoms with van der Waals surface area (Å²) in [6.45, 7) is 2.66. The van der Waals surface area contributed by atoms with Crippen LogP contribution in [0.25, 0.3) is 4.96 Å². The van der Waals surface area contributed by atoms with Crippen LogP contribution >= 0.6 is 11.3 Å². The van der Waals surface area contributed by atoms with Crippen LogP contribution in [0.3, 0.4) is 0 Å². The van der Waals surface area contributed by atoms with Crippen LogP contribution in [0.1, 0.15) is 11.4 Å². The van der Waals surface area contributed by atoms with Gasteiger partial charge in [-0.3, -0.25) is 0 Å². The zero-order valence-electron chi connectivity index (χ0n) is 9.75. The van der Waals surface area contributed by atoms with Crippen LogP contribution in [0.4, 0.5) is 5.13 Å². The average molecular weight is 326 g/mol. The molecule has 0 fully saturated rings. The summed E-state index contributed by atoms with van der Waals surface area (Å²) in [4.78, 5) is 0.962. The maximum absolute atomic E-state index is 5.71. The predicted molar refractivity (Wildman–Crippen MR) is 65.8 cm³/mol. The van der Waals surface area contributed by atoms with Crippen LogP contribution in [0.2, 0.25) is 0 Å². The summed E-state index contributed by atoms with van der Waals surface area (Å²) in [5.41, 5.74) is 6.92. The Labute approximate surface area is 119 Å². The summed E-state index contributed by atoms with van der Waals surface area (Å²) in [5, 5.41) is 9.23. The van der Waals surface area contributed by atoms with E-state index in [1.54, 1.807) is 4.52 Å². The van der Waals surface area contributed by atoms with Crippen molar-refractivity contribution in [1.82, 2.24) is 14.7 Å². The van der Waals surface area contributed by atoms with Crippen molar-refractivity contribution in [3.63, 3.8) is 0 Å². The molecule has 0 radical (unpaired) electrons. The van der Waals surface area contributed by atoms with Crippen LogP contribution in [-0.4, -0.2) is 14.7 Å². The largest absolute Gasteiger partial charge is 1.00 e. The van der Waals surface area contributed by atoms with Gasteiger partial charge in [0.1, 0.15) is 6.54 Å². The zero-order valence-corrected chi connectivity index (χ0v) is 12.1. The van der Waals surface area contributed by atoms with Crippen molar-refractivity contribution < 1.29 is 21.7 Å². The molecule has 2 aromatic heterocycles. The van der Waals surface area contributed by atoms with Crippen molar-refractivity contribution in [3.05, 3.63) is 41.7 Å². The van der Waals surface area contributed by atoms with E-state index in [-0.39, 0.29) is 17.0 Å². The van der Waals surface area contributed by atoms with Crippen LogP contribution < -0.4 is 27.4 Å². The Balaban J connectivity index is 0.00000120. The molecule has 2 N–H and O–H groups in total. The highest BCUT2D eigenvalue weighted by atomic mass is 79.9. The van der Waals surface area contributed by atoms with E-state index in [0.717, 1.165) is 17.3 Å². The lowest BCUT2D eigenvalue weighted by Crippen LogP contribution is -3.00. The van der Waals surface area contributed by atoms with Crippen LogP contribution in [0, 0.1) is 6.92 Å². The lowest BCUT2D eigenvalue weighted by atomic mass is 10.2. The second-order valence-corrected chi connectivity index (χ2v) is 4.81. The minimum atomic E-state index is 0. The maximum atomic E-state index is 5.71. The molecule has 0 unspecified atom stereocenters. The fraction of sp³-hybridized carbons (Fsp3) is 0.182. The molecular weight excluding hydrogens is 314 g/mol. The first-order valence-corrected chi connectivity index (χ1v) is 6.11. The molecule has 0 spiro atoms. The smallest absolute Gasteiger partial charge is 0.392 e. The van der Waals surface area contributed by atoms with Crippen molar-refractivity contribution >= 4 is 21.4 Å². The third kappa shape index (κ3) is 2.23. The minimum Gasteiger partial charge on any atom is -1.00 e. The van der Waals surface area contributed by atoms with E-state index in [9.17, 15) is 0 Å². The molecule has 5 nitrogen and oxygen atoms in total. The molecule has 0 saturated carbocycles. The number of benzene rings is 1. The molecule has 3 aromatic rings. The highest BCUT2D eigenvalue weighted by Gasteiger charge is 2.21. The Bertz CT molecular complexity index is 661. The van der Waals surface area contributed by atoms with Crippen molar-refractivity contribution in [3.8, 4) is 0 Å². The number of aromatic nitrogens is 4. The second-order valence-electron chi connectivity index (χ2n) is 3.83. The van der Waals surface area contributed by atoms with Gasteiger partial charge in [-0.25, -0.2) is 0 Å². The predicted octanol–water partition coefficient (Wildman–Crippen LogP) is -1.98. The molecule has 2 heterocycles. The van der Waals surface area contributed by atoms with Gasteiger partial charge >= 0.3 is 4.96 Å². The van der Waals surface area contributed by atoms with E-state index in [0.29, 0.717) is 5.13 Å². The van der Waals surface area contributed by atoms with Crippen molar-refractivity contribution in [2.24, 2.45) is 0 Å². The number of rotatable bonds is 2. The van der Waals surface area contributed by atoms with E-state index in [2.05, 4.69) is 22.3 Å². The number of hydrogen-bond acceptors (Lipinski definition) is 4. The summed E-state index contributed by atoms with van der Waals surface area (Å²) >= 11 is 1.45. The average Bonchev–Trinajstić information content (AvgIpc) is 2.82. The number of hydrogen-bond donors (Lipinski definition) is 1. The van der Waals surface area contributed by atoms with Gasteiger partial charge in [0.25, 0.3) is 5.82 Å². The standard InChI is InChI=1S/C11H12N5S.BrH/c1-8-13-15(7-9-5-3-2-4-6-9)11-16(8)14-10(12)17-11;/h2-6H,7H2,1H3,(H2,12,14);1H/q+1;/p-1. The van der Waals surface area contributed by atoms with E-state index < -0.39 is 0 Å². The summed E-state index contributed by atoms with van der Waals surface area (Å²) in [7, 11) is 0. The van der Waals surface area contributed by atoms with Crippen LogP contribution in [0.5, 0.6) is 0 Å². The molecule has 0 amide bonds. The van der Waals surface area contributed by atoms with Gasteiger partial charge in [-0.2, -0.15) is 0 Å². The highest BCUT2D eigenvalue weighted by Crippen LogP contribution is 2.14. The first-order chi connectivity index (χ1) is 8.24. The first-order valence-electron chi connectivity index (χ1n) is 5.30. The molecule has 1 aromatic carbocycles. The number of nitrogen functional groups attached to an aromatic ring is 1. The van der Waals surface area contributed by atoms with Crippen molar-refractivity contribution in [2.75, 3.05) is 5.73 Å². The Hall–Kier alpha value is -1.47. The van der Waals surface area contributed by atoms with Gasteiger partial charge in [0.2, 0.25) is 5.13 Å². The topological polar surface area (TPSA) is 60.1 Å². The SMILES string of the molecule is Cc1n[n+](Cc2ccccc2)c2sc(N)nn12.[Br-]. The monoisotopic (exact) mass is 325 g/mol. The Morgan fingerprint density at radius 3 is 2.78 bits per heavy atom. The van der Waals surface area contributed by atoms with Gasteiger partial charge in [0.15, 0.2) is 0 Å². The van der Waals surface area contributed by atoms with Gasteiger partial charge in [-0.15, -0.1) is 4.68 Å². The molecule has 0 aliphatic carbocycles. The highest BCUT2D eigenvalue weighted by molar-refractivity contribution is 7.19. The molecule has 18 heavy (non-hydrogen) atoms. The molecule has 0 saturated heterocycles. The van der Waals surface area contributed by atoms with E-state index in [4.69, 9.17) is 5.73 Å². The van der Waals surface area contributed by atoms with Gasteiger partial charge < -0.3 is 22.7 Å². The zero-order chi connectivity index (χ0) is 11.8. The molecular formula is C11H12BrN5S. The van der Waals surface area contributed by atoms with Gasteiger partial charge in [-0.05, 0) is 27.1 Å². The normalized spacial score (nSPS) is 10.5. The maximum Gasteiger partial charge on any atom is 0.392 e. The molecule has 0 aliphatic heterocycles. The lowest BCUT2D eigenvalue weighted by Gasteiger charge is -1.94. The third-order valence-corrected chi connectivity index (χ3v) is 3.40. The molecule has 0 aliphatic rings. The lowest BCUT2D eigenvalue weighted by molar-refractivity contribution is -0.718. The fourth-order valence-electron chi connectivity index (χ4n) is 1.79. The molecule has 94 valence electrons. The molecule has 0 bridgehead atoms. The van der Waals surface area contributed by atoms with E-state index >= 15 is 0 Å². The Morgan fingerprint density at radius 2 is 2.06 bits per heavy atom. The Morgan fingerprint density at radius 1 is 1.33 bits per heavy atom. The number of halogens is 1. The van der Waals surface area contributed by atoms with Crippen LogP contribution in [-0.2, 0) is 6.54 Å². The number of nitrogens with zero attached hydrogens (tertiary/aromatic N) is 4. The van der Waals surface area contributed by atoms with Crippen LogP contribution in [0.15, 0.2) is 30.3 Å². The van der Waals surface area contributed by atoms with E-state index in [1.807, 2.05) is 29.8 Å². The number of nitrogens with two attached hydrogens (primary N) is 1. The van der Waals surface area contributed by atoms with Gasteiger partial charge in [0, 0.05) is 6.92 Å². The third-order valence-electron chi connectivity index (χ3n) is 2.54.